The molecule has 0 spiro atoms. The van der Waals surface area contributed by atoms with E-state index in [1.54, 1.807) is 4.90 Å². The summed E-state index contributed by atoms with van der Waals surface area (Å²) in [7, 11) is 1.82. The van der Waals surface area contributed by atoms with Crippen LogP contribution in [0.5, 0.6) is 5.75 Å². The number of para-hydroxylation sites is 1. The molecule has 0 aliphatic heterocycles. The second-order valence-electron chi connectivity index (χ2n) is 4.74. The average Bonchev–Trinajstić information content (AvgIpc) is 3.08. The van der Waals surface area contributed by atoms with Crippen molar-refractivity contribution >= 4 is 5.91 Å². The summed E-state index contributed by atoms with van der Waals surface area (Å²) in [5.74, 6) is 1.00. The first kappa shape index (κ1) is 12.9. The topological polar surface area (TPSA) is 55.6 Å². The predicted octanol–water partition coefficient (Wildman–Crippen LogP) is 1.39. The number of benzene rings is 1. The molecule has 1 aromatic rings. The van der Waals surface area contributed by atoms with Crippen molar-refractivity contribution in [1.82, 2.24) is 4.90 Å². The van der Waals surface area contributed by atoms with Gasteiger partial charge in [0.05, 0.1) is 12.5 Å². The Morgan fingerprint density at radius 1 is 1.50 bits per heavy atom. The lowest BCUT2D eigenvalue weighted by Crippen LogP contribution is -2.29. The molecule has 1 aliphatic rings. The second kappa shape index (κ2) is 5.40. The number of hydrogen-bond acceptors (Lipinski definition) is 3. The van der Waals surface area contributed by atoms with Crippen molar-refractivity contribution in [3.63, 3.8) is 0 Å². The van der Waals surface area contributed by atoms with E-state index in [2.05, 4.69) is 0 Å². The van der Waals surface area contributed by atoms with Crippen molar-refractivity contribution in [2.24, 2.45) is 11.7 Å². The molecule has 1 saturated carbocycles. The molecule has 4 nitrogen and oxygen atoms in total. The van der Waals surface area contributed by atoms with Gasteiger partial charge in [-0.05, 0) is 19.4 Å². The summed E-state index contributed by atoms with van der Waals surface area (Å²) < 4.78 is 5.55. The fraction of sp³-hybridized carbons (Fsp3) is 0.500. The normalized spacial score (nSPS) is 21.5. The van der Waals surface area contributed by atoms with Gasteiger partial charge in [-0.1, -0.05) is 18.2 Å². The molecule has 1 aliphatic carbocycles. The predicted molar refractivity (Wildman–Crippen MR) is 70.2 cm³/mol. The smallest absolute Gasteiger partial charge is 0.227 e. The van der Waals surface area contributed by atoms with E-state index in [0.29, 0.717) is 13.2 Å². The highest BCUT2D eigenvalue weighted by Gasteiger charge is 2.41. The minimum atomic E-state index is 0.0225. The van der Waals surface area contributed by atoms with Crippen molar-refractivity contribution in [2.75, 3.05) is 13.7 Å². The van der Waals surface area contributed by atoms with Crippen LogP contribution in [0.3, 0.4) is 0 Å². The van der Waals surface area contributed by atoms with E-state index in [4.69, 9.17) is 10.5 Å². The van der Waals surface area contributed by atoms with Gasteiger partial charge in [-0.25, -0.2) is 0 Å². The average molecular weight is 248 g/mol. The van der Waals surface area contributed by atoms with Crippen molar-refractivity contribution in [3.05, 3.63) is 29.8 Å². The highest BCUT2D eigenvalue weighted by molar-refractivity contribution is 5.82. The first-order valence-electron chi connectivity index (χ1n) is 6.34. The number of carbonyl (C=O) groups excluding carboxylic acids is 1. The zero-order valence-corrected chi connectivity index (χ0v) is 10.9. The van der Waals surface area contributed by atoms with Gasteiger partial charge < -0.3 is 15.4 Å². The maximum absolute atomic E-state index is 12.0. The van der Waals surface area contributed by atoms with Gasteiger partial charge in [0, 0.05) is 25.2 Å². The molecule has 4 heteroatoms. The van der Waals surface area contributed by atoms with Crippen molar-refractivity contribution in [1.29, 1.82) is 0 Å². The van der Waals surface area contributed by atoms with Crippen LogP contribution >= 0.6 is 0 Å². The molecule has 1 fully saturated rings. The van der Waals surface area contributed by atoms with Crippen LogP contribution in [0.15, 0.2) is 24.3 Å². The van der Waals surface area contributed by atoms with Gasteiger partial charge in [0.25, 0.3) is 0 Å². The number of rotatable bonds is 5. The summed E-state index contributed by atoms with van der Waals surface area (Å²) in [6.45, 7) is 3.15. The number of carbonyl (C=O) groups is 1. The quantitative estimate of drug-likeness (QED) is 0.856. The highest BCUT2D eigenvalue weighted by atomic mass is 16.5. The molecule has 98 valence electrons. The Balaban J connectivity index is 2.02. The minimum Gasteiger partial charge on any atom is -0.494 e. The van der Waals surface area contributed by atoms with Crippen molar-refractivity contribution in [3.8, 4) is 5.75 Å². The molecule has 2 atom stereocenters. The van der Waals surface area contributed by atoms with E-state index < -0.39 is 0 Å². The Kier molecular flexibility index (Phi) is 3.87. The zero-order chi connectivity index (χ0) is 13.1. The number of ether oxygens (including phenoxy) is 1. The summed E-state index contributed by atoms with van der Waals surface area (Å²) in [4.78, 5) is 13.7. The fourth-order valence-corrected chi connectivity index (χ4v) is 2.05. The maximum Gasteiger partial charge on any atom is 0.227 e. The van der Waals surface area contributed by atoms with E-state index in [9.17, 15) is 4.79 Å². The molecule has 0 saturated heterocycles. The first-order chi connectivity index (χ1) is 8.63. The van der Waals surface area contributed by atoms with E-state index in [1.165, 1.54) is 0 Å². The molecule has 0 aromatic heterocycles. The van der Waals surface area contributed by atoms with Crippen LogP contribution < -0.4 is 10.5 Å². The summed E-state index contributed by atoms with van der Waals surface area (Å²) in [5, 5.41) is 0. The SMILES string of the molecule is CCOc1ccccc1CN(C)C(=O)C1CC1N. The van der Waals surface area contributed by atoms with Gasteiger partial charge in [0.2, 0.25) is 5.91 Å². The molecule has 0 radical (unpaired) electrons. The molecular weight excluding hydrogens is 228 g/mol. The van der Waals surface area contributed by atoms with Crippen LogP contribution in [-0.2, 0) is 11.3 Å². The Morgan fingerprint density at radius 2 is 2.17 bits per heavy atom. The maximum atomic E-state index is 12.0. The highest BCUT2D eigenvalue weighted by Crippen LogP contribution is 2.30. The van der Waals surface area contributed by atoms with Crippen molar-refractivity contribution in [2.45, 2.75) is 25.9 Å². The van der Waals surface area contributed by atoms with Gasteiger partial charge in [-0.2, -0.15) is 0 Å². The standard InChI is InChI=1S/C14H20N2O2/c1-3-18-13-7-5-4-6-10(13)9-16(2)14(17)11-8-12(11)15/h4-7,11-12H,3,8-9,15H2,1-2H3. The number of amides is 1. The third-order valence-electron chi connectivity index (χ3n) is 3.21. The lowest BCUT2D eigenvalue weighted by molar-refractivity contribution is -0.131. The Labute approximate surface area is 108 Å². The first-order valence-corrected chi connectivity index (χ1v) is 6.34. The lowest BCUT2D eigenvalue weighted by Gasteiger charge is -2.19. The number of hydrogen-bond donors (Lipinski definition) is 1. The summed E-state index contributed by atoms with van der Waals surface area (Å²) in [6.07, 6.45) is 0.816. The molecule has 2 rings (SSSR count). The van der Waals surface area contributed by atoms with Crippen LogP contribution in [0.25, 0.3) is 0 Å². The van der Waals surface area contributed by atoms with Gasteiger partial charge in [-0.3, -0.25) is 4.79 Å². The summed E-state index contributed by atoms with van der Waals surface area (Å²) in [5.41, 5.74) is 6.74. The largest absolute Gasteiger partial charge is 0.494 e. The van der Waals surface area contributed by atoms with Crippen LogP contribution in [0, 0.1) is 5.92 Å². The van der Waals surface area contributed by atoms with Gasteiger partial charge in [-0.15, -0.1) is 0 Å². The van der Waals surface area contributed by atoms with Crippen LogP contribution in [-0.4, -0.2) is 30.5 Å². The zero-order valence-electron chi connectivity index (χ0n) is 10.9. The second-order valence-corrected chi connectivity index (χ2v) is 4.74. The molecule has 1 aromatic carbocycles. The van der Waals surface area contributed by atoms with Crippen LogP contribution in [0.1, 0.15) is 18.9 Å². The van der Waals surface area contributed by atoms with E-state index in [0.717, 1.165) is 17.7 Å². The molecule has 2 N–H and O–H groups in total. The molecular formula is C14H20N2O2. The summed E-state index contributed by atoms with van der Waals surface area (Å²) >= 11 is 0. The van der Waals surface area contributed by atoms with Crippen LogP contribution in [0.2, 0.25) is 0 Å². The number of nitrogens with zero attached hydrogens (tertiary/aromatic N) is 1. The van der Waals surface area contributed by atoms with Gasteiger partial charge in [0.15, 0.2) is 0 Å². The third-order valence-corrected chi connectivity index (χ3v) is 3.21. The molecule has 1 amide bonds. The lowest BCUT2D eigenvalue weighted by atomic mass is 10.2. The van der Waals surface area contributed by atoms with Gasteiger partial charge in [0.1, 0.15) is 5.75 Å². The van der Waals surface area contributed by atoms with Crippen molar-refractivity contribution < 1.29 is 9.53 Å². The Hall–Kier alpha value is -1.55. The van der Waals surface area contributed by atoms with E-state index in [1.807, 2.05) is 38.2 Å². The minimum absolute atomic E-state index is 0.0225. The number of nitrogens with two attached hydrogens (primary N) is 1. The summed E-state index contributed by atoms with van der Waals surface area (Å²) in [6, 6.07) is 7.87. The van der Waals surface area contributed by atoms with E-state index >= 15 is 0 Å². The van der Waals surface area contributed by atoms with E-state index in [-0.39, 0.29) is 17.9 Å². The fourth-order valence-electron chi connectivity index (χ4n) is 2.05. The molecule has 18 heavy (non-hydrogen) atoms. The Morgan fingerprint density at radius 3 is 2.78 bits per heavy atom. The Bertz CT molecular complexity index is 434. The van der Waals surface area contributed by atoms with Crippen LogP contribution in [0.4, 0.5) is 0 Å². The molecule has 0 bridgehead atoms. The third kappa shape index (κ3) is 2.82. The monoisotopic (exact) mass is 248 g/mol. The molecule has 2 unspecified atom stereocenters. The van der Waals surface area contributed by atoms with Gasteiger partial charge >= 0.3 is 0 Å². The molecule has 0 heterocycles.